The van der Waals surface area contributed by atoms with Gasteiger partial charge in [0.15, 0.2) is 0 Å². The molecule has 1 aromatic rings. The van der Waals surface area contributed by atoms with E-state index in [4.69, 9.17) is 5.26 Å². The smallest absolute Gasteiger partial charge is 0.257 e. The van der Waals surface area contributed by atoms with Gasteiger partial charge in [0.25, 0.3) is 5.91 Å². The van der Waals surface area contributed by atoms with E-state index >= 15 is 0 Å². The van der Waals surface area contributed by atoms with Gasteiger partial charge in [0.05, 0.1) is 17.8 Å². The number of hydrogen-bond donors (Lipinski definition) is 1. The predicted octanol–water partition coefficient (Wildman–Crippen LogP) is 0.316. The zero-order chi connectivity index (χ0) is 8.97. The molecule has 0 radical (unpaired) electrons. The molecule has 0 fully saturated rings. The van der Waals surface area contributed by atoms with Crippen molar-refractivity contribution in [3.05, 3.63) is 18.0 Å². The van der Waals surface area contributed by atoms with Gasteiger partial charge < -0.3 is 9.84 Å². The number of nitrogens with zero attached hydrogens (tertiary/aromatic N) is 2. The summed E-state index contributed by atoms with van der Waals surface area (Å²) in [6.45, 7) is 1.59. The van der Waals surface area contributed by atoms with Crippen molar-refractivity contribution in [1.82, 2.24) is 10.5 Å². The average molecular weight is 165 g/mol. The van der Waals surface area contributed by atoms with Gasteiger partial charge in [-0.2, -0.15) is 5.26 Å². The quantitative estimate of drug-likeness (QED) is 0.684. The standard InChI is InChI=1S/C7H7N3O2/c1-5(2-8)10-7(11)6-3-9-12-4-6/h3-5H,1H3,(H,10,11)/t5-/m0/s1. The van der Waals surface area contributed by atoms with E-state index in [2.05, 4.69) is 15.0 Å². The van der Waals surface area contributed by atoms with E-state index in [1.165, 1.54) is 12.5 Å². The highest BCUT2D eigenvalue weighted by Crippen LogP contribution is 1.96. The van der Waals surface area contributed by atoms with Crippen LogP contribution in [0.1, 0.15) is 17.3 Å². The van der Waals surface area contributed by atoms with Gasteiger partial charge in [-0.15, -0.1) is 0 Å². The zero-order valence-corrected chi connectivity index (χ0v) is 6.44. The Bertz CT molecular complexity index is 299. The lowest BCUT2D eigenvalue weighted by atomic mass is 10.3. The summed E-state index contributed by atoms with van der Waals surface area (Å²) < 4.78 is 4.46. The first-order valence-electron chi connectivity index (χ1n) is 3.34. The van der Waals surface area contributed by atoms with Crippen molar-refractivity contribution in [3.8, 4) is 6.07 Å². The molecule has 0 aromatic carbocycles. The second kappa shape index (κ2) is 3.53. The summed E-state index contributed by atoms with van der Waals surface area (Å²) in [6.07, 6.45) is 2.51. The molecule has 1 N–H and O–H groups in total. The minimum absolute atomic E-state index is 0.317. The monoisotopic (exact) mass is 165 g/mol. The summed E-state index contributed by atoms with van der Waals surface area (Å²) in [5.41, 5.74) is 0.317. The summed E-state index contributed by atoms with van der Waals surface area (Å²) in [7, 11) is 0. The SMILES string of the molecule is C[C@@H](C#N)NC(=O)c1cnoc1. The molecule has 1 rings (SSSR count). The molecule has 1 atom stereocenters. The Kier molecular flexibility index (Phi) is 2.43. The minimum Gasteiger partial charge on any atom is -0.364 e. The normalized spacial score (nSPS) is 11.7. The van der Waals surface area contributed by atoms with E-state index in [0.717, 1.165) is 0 Å². The van der Waals surface area contributed by atoms with Crippen LogP contribution in [0.3, 0.4) is 0 Å². The minimum atomic E-state index is -0.507. The molecule has 1 heterocycles. The maximum absolute atomic E-state index is 11.1. The van der Waals surface area contributed by atoms with Crippen molar-refractivity contribution in [1.29, 1.82) is 5.26 Å². The molecule has 1 aromatic heterocycles. The van der Waals surface area contributed by atoms with E-state index in [0.29, 0.717) is 5.56 Å². The van der Waals surface area contributed by atoms with Crippen molar-refractivity contribution in [3.63, 3.8) is 0 Å². The number of carbonyl (C=O) groups is 1. The highest BCUT2D eigenvalue weighted by Gasteiger charge is 2.09. The lowest BCUT2D eigenvalue weighted by molar-refractivity contribution is 0.0947. The Balaban J connectivity index is 2.57. The van der Waals surface area contributed by atoms with Gasteiger partial charge in [-0.3, -0.25) is 4.79 Å². The van der Waals surface area contributed by atoms with Crippen molar-refractivity contribution in [2.75, 3.05) is 0 Å². The lowest BCUT2D eigenvalue weighted by Crippen LogP contribution is -2.30. The number of amides is 1. The van der Waals surface area contributed by atoms with Crippen molar-refractivity contribution in [2.45, 2.75) is 13.0 Å². The van der Waals surface area contributed by atoms with E-state index in [-0.39, 0.29) is 5.91 Å². The molecule has 0 unspecified atom stereocenters. The summed E-state index contributed by atoms with van der Waals surface area (Å²) in [6, 6.07) is 1.37. The van der Waals surface area contributed by atoms with Crippen LogP contribution in [0, 0.1) is 11.3 Å². The summed E-state index contributed by atoms with van der Waals surface area (Å²) in [5, 5.41) is 14.2. The van der Waals surface area contributed by atoms with E-state index in [1.54, 1.807) is 6.92 Å². The van der Waals surface area contributed by atoms with Gasteiger partial charge in [-0.05, 0) is 6.92 Å². The molecule has 0 saturated carbocycles. The maximum atomic E-state index is 11.1. The van der Waals surface area contributed by atoms with E-state index in [1.807, 2.05) is 6.07 Å². The van der Waals surface area contributed by atoms with Gasteiger partial charge in [0.1, 0.15) is 12.3 Å². The largest absolute Gasteiger partial charge is 0.364 e. The van der Waals surface area contributed by atoms with Crippen LogP contribution in [0.2, 0.25) is 0 Å². The van der Waals surface area contributed by atoms with Gasteiger partial charge in [-0.1, -0.05) is 5.16 Å². The first-order chi connectivity index (χ1) is 5.74. The van der Waals surface area contributed by atoms with E-state index < -0.39 is 6.04 Å². The second-order valence-electron chi connectivity index (χ2n) is 2.24. The molecule has 0 spiro atoms. The molecule has 0 aliphatic carbocycles. The number of hydrogen-bond acceptors (Lipinski definition) is 4. The fourth-order valence-corrected chi connectivity index (χ4v) is 0.629. The Labute approximate surface area is 69.0 Å². The van der Waals surface area contributed by atoms with Crippen LogP contribution in [-0.2, 0) is 0 Å². The van der Waals surface area contributed by atoms with Gasteiger partial charge in [0, 0.05) is 0 Å². The first-order valence-corrected chi connectivity index (χ1v) is 3.34. The van der Waals surface area contributed by atoms with Crippen LogP contribution in [0.15, 0.2) is 17.0 Å². The number of aromatic nitrogens is 1. The van der Waals surface area contributed by atoms with Crippen LogP contribution < -0.4 is 5.32 Å². The van der Waals surface area contributed by atoms with Crippen LogP contribution in [-0.4, -0.2) is 17.1 Å². The Morgan fingerprint density at radius 3 is 3.17 bits per heavy atom. The van der Waals surface area contributed by atoms with E-state index in [9.17, 15) is 4.79 Å². The van der Waals surface area contributed by atoms with Gasteiger partial charge >= 0.3 is 0 Å². The third-order valence-electron chi connectivity index (χ3n) is 1.24. The highest BCUT2D eigenvalue weighted by molar-refractivity contribution is 5.93. The Morgan fingerprint density at radius 1 is 1.92 bits per heavy atom. The molecular weight excluding hydrogens is 158 g/mol. The number of rotatable bonds is 2. The van der Waals surface area contributed by atoms with Crippen LogP contribution in [0.5, 0.6) is 0 Å². The second-order valence-corrected chi connectivity index (χ2v) is 2.24. The molecule has 12 heavy (non-hydrogen) atoms. The number of nitriles is 1. The highest BCUT2D eigenvalue weighted by atomic mass is 16.5. The van der Waals surface area contributed by atoms with Crippen LogP contribution in [0.4, 0.5) is 0 Å². The topological polar surface area (TPSA) is 78.9 Å². The van der Waals surface area contributed by atoms with Crippen molar-refractivity contribution in [2.24, 2.45) is 0 Å². The Hall–Kier alpha value is -1.83. The maximum Gasteiger partial charge on any atom is 0.257 e. The molecule has 62 valence electrons. The molecule has 0 bridgehead atoms. The van der Waals surface area contributed by atoms with Gasteiger partial charge in [-0.25, -0.2) is 0 Å². The molecule has 1 amide bonds. The third kappa shape index (κ3) is 1.83. The first kappa shape index (κ1) is 8.27. The molecule has 0 saturated heterocycles. The van der Waals surface area contributed by atoms with Gasteiger partial charge in [0.2, 0.25) is 0 Å². The summed E-state index contributed by atoms with van der Waals surface area (Å²) in [5.74, 6) is -0.356. The lowest BCUT2D eigenvalue weighted by Gasteiger charge is -2.02. The molecule has 5 nitrogen and oxygen atoms in total. The number of carbonyl (C=O) groups excluding carboxylic acids is 1. The molecule has 0 aliphatic rings. The average Bonchev–Trinajstić information content (AvgIpc) is 2.56. The fraction of sp³-hybridized carbons (Fsp3) is 0.286. The predicted molar refractivity (Wildman–Crippen MR) is 39.0 cm³/mol. The Morgan fingerprint density at radius 2 is 2.67 bits per heavy atom. The summed E-state index contributed by atoms with van der Waals surface area (Å²) in [4.78, 5) is 11.1. The third-order valence-corrected chi connectivity index (χ3v) is 1.24. The van der Waals surface area contributed by atoms with Crippen molar-refractivity contribution >= 4 is 5.91 Å². The number of nitrogens with one attached hydrogen (secondary N) is 1. The van der Waals surface area contributed by atoms with Crippen LogP contribution in [0.25, 0.3) is 0 Å². The molecule has 5 heteroatoms. The summed E-state index contributed by atoms with van der Waals surface area (Å²) >= 11 is 0. The zero-order valence-electron chi connectivity index (χ0n) is 6.44. The molecular formula is C7H7N3O2. The van der Waals surface area contributed by atoms with Crippen molar-refractivity contribution < 1.29 is 9.32 Å². The van der Waals surface area contributed by atoms with Crippen LogP contribution >= 0.6 is 0 Å². The fourth-order valence-electron chi connectivity index (χ4n) is 0.629. The molecule has 0 aliphatic heterocycles.